The molecular weight excluding hydrogens is 330 g/mol. The molecule has 142 valence electrons. The first kappa shape index (κ1) is 20.7. The molecule has 1 fully saturated rings. The number of nitrogens with two attached hydrogens (primary N) is 1. The second-order valence-corrected chi connectivity index (χ2v) is 9.11. The third kappa shape index (κ3) is 6.58. The van der Waals surface area contributed by atoms with Crippen molar-refractivity contribution >= 4 is 11.6 Å². The van der Waals surface area contributed by atoms with Gasteiger partial charge in [-0.25, -0.2) is 0 Å². The summed E-state index contributed by atoms with van der Waals surface area (Å²) in [6.45, 7) is 12.4. The molecule has 0 bridgehead atoms. The largest absolute Gasteiger partial charge is 0.375 e. The maximum atomic E-state index is 6.14. The van der Waals surface area contributed by atoms with Crippen LogP contribution < -0.4 is 5.32 Å². The Morgan fingerprint density at radius 3 is 2.56 bits per heavy atom. The fourth-order valence-electron chi connectivity index (χ4n) is 4.12. The molecule has 1 aromatic carbocycles. The average Bonchev–Trinajstić information content (AvgIpc) is 2.59. The van der Waals surface area contributed by atoms with E-state index < -0.39 is 0 Å². The van der Waals surface area contributed by atoms with Gasteiger partial charge in [-0.05, 0) is 56.1 Å². The summed E-state index contributed by atoms with van der Waals surface area (Å²) in [6, 6.07) is 8.24. The van der Waals surface area contributed by atoms with E-state index in [9.17, 15) is 0 Å². The molecule has 2 nitrogen and oxygen atoms in total. The first-order valence-electron chi connectivity index (χ1n) is 10.1. The molecule has 0 amide bonds. The predicted molar refractivity (Wildman–Crippen MR) is 107 cm³/mol. The molecule has 0 saturated carbocycles. The summed E-state index contributed by atoms with van der Waals surface area (Å²) in [7, 11) is 0. The highest BCUT2D eigenvalue weighted by atomic mass is 35.5. The molecule has 1 aliphatic heterocycles. The van der Waals surface area contributed by atoms with Gasteiger partial charge in [0, 0.05) is 23.6 Å². The molecular formula is C22H37ClNO+. The van der Waals surface area contributed by atoms with Crippen molar-refractivity contribution in [1.29, 1.82) is 0 Å². The minimum Gasteiger partial charge on any atom is -0.375 e. The summed E-state index contributed by atoms with van der Waals surface area (Å²) < 4.78 is 6.14. The smallest absolute Gasteiger partial charge is 0.101 e. The molecule has 2 atom stereocenters. The zero-order chi connectivity index (χ0) is 18.3. The van der Waals surface area contributed by atoms with Gasteiger partial charge in [-0.2, -0.15) is 0 Å². The molecule has 1 saturated heterocycles. The van der Waals surface area contributed by atoms with Gasteiger partial charge in [0.15, 0.2) is 0 Å². The van der Waals surface area contributed by atoms with E-state index in [0.29, 0.717) is 5.41 Å². The lowest BCUT2D eigenvalue weighted by atomic mass is 9.67. The molecule has 0 aliphatic carbocycles. The molecule has 2 N–H and O–H groups in total. The van der Waals surface area contributed by atoms with Crippen LogP contribution in [0.15, 0.2) is 24.3 Å². The van der Waals surface area contributed by atoms with E-state index in [0.717, 1.165) is 30.5 Å². The van der Waals surface area contributed by atoms with Crippen LogP contribution in [0.4, 0.5) is 0 Å². The molecule has 1 aliphatic rings. The van der Waals surface area contributed by atoms with Crippen molar-refractivity contribution in [1.82, 2.24) is 0 Å². The van der Waals surface area contributed by atoms with Gasteiger partial charge in [0.25, 0.3) is 0 Å². The van der Waals surface area contributed by atoms with E-state index in [4.69, 9.17) is 16.3 Å². The van der Waals surface area contributed by atoms with Gasteiger partial charge in [0.2, 0.25) is 0 Å². The zero-order valence-electron chi connectivity index (χ0n) is 16.6. The van der Waals surface area contributed by atoms with E-state index in [-0.39, 0.29) is 5.60 Å². The van der Waals surface area contributed by atoms with Crippen molar-refractivity contribution in [3.8, 4) is 0 Å². The number of hydrogen-bond donors (Lipinski definition) is 1. The van der Waals surface area contributed by atoms with Gasteiger partial charge in [-0.3, -0.25) is 0 Å². The van der Waals surface area contributed by atoms with Crippen LogP contribution in [0.5, 0.6) is 0 Å². The number of hydrogen-bond acceptors (Lipinski definition) is 1. The highest BCUT2D eigenvalue weighted by Gasteiger charge is 2.42. The van der Waals surface area contributed by atoms with E-state index in [1.54, 1.807) is 0 Å². The third-order valence-electron chi connectivity index (χ3n) is 6.00. The minimum absolute atomic E-state index is 0.0748. The second-order valence-electron chi connectivity index (χ2n) is 8.67. The lowest BCUT2D eigenvalue weighted by Gasteiger charge is -2.46. The topological polar surface area (TPSA) is 25.8 Å². The SMILES string of the molecule is CC[C@@]1(C)C[C@@](CC[NH2+]Cc2ccc(Cl)cc2)(CCC(C)C)CCO1. The molecule has 0 radical (unpaired) electrons. The summed E-state index contributed by atoms with van der Waals surface area (Å²) >= 11 is 5.97. The van der Waals surface area contributed by atoms with Crippen LogP contribution in [0.1, 0.15) is 71.8 Å². The van der Waals surface area contributed by atoms with Crippen LogP contribution in [-0.2, 0) is 11.3 Å². The molecule has 3 heteroatoms. The van der Waals surface area contributed by atoms with E-state index in [1.165, 1.54) is 44.2 Å². The molecule has 25 heavy (non-hydrogen) atoms. The standard InChI is InChI=1S/C22H36ClNO/c1-5-21(4)17-22(13-15-25-21,11-10-18(2)3)12-14-24-16-19-6-8-20(23)9-7-19/h6-9,18,24H,5,10-17H2,1-4H3/p+1/t21-,22+/m0/s1. The summed E-state index contributed by atoms with van der Waals surface area (Å²) in [5, 5.41) is 3.27. The Morgan fingerprint density at radius 2 is 1.92 bits per heavy atom. The molecule has 2 rings (SSSR count). The Balaban J connectivity index is 1.90. The molecule has 1 aromatic rings. The minimum atomic E-state index is 0.0748. The van der Waals surface area contributed by atoms with Crippen molar-refractivity contribution in [3.05, 3.63) is 34.9 Å². The molecule has 0 unspecified atom stereocenters. The van der Waals surface area contributed by atoms with Crippen molar-refractivity contribution < 1.29 is 10.1 Å². The van der Waals surface area contributed by atoms with Crippen molar-refractivity contribution in [2.75, 3.05) is 13.2 Å². The Morgan fingerprint density at radius 1 is 1.20 bits per heavy atom. The van der Waals surface area contributed by atoms with Crippen LogP contribution >= 0.6 is 11.6 Å². The second kappa shape index (κ2) is 9.39. The van der Waals surface area contributed by atoms with Crippen LogP contribution in [0.25, 0.3) is 0 Å². The number of quaternary nitrogens is 1. The Hall–Kier alpha value is -0.570. The molecule has 1 heterocycles. The Kier molecular flexibility index (Phi) is 7.79. The Labute approximate surface area is 159 Å². The first-order chi connectivity index (χ1) is 11.9. The number of rotatable bonds is 9. The normalized spacial score (nSPS) is 27.0. The van der Waals surface area contributed by atoms with E-state index in [2.05, 4.69) is 45.1 Å². The van der Waals surface area contributed by atoms with Crippen molar-refractivity contribution in [3.63, 3.8) is 0 Å². The monoisotopic (exact) mass is 366 g/mol. The highest BCUT2D eigenvalue weighted by Crippen LogP contribution is 2.46. The predicted octanol–water partition coefficient (Wildman–Crippen LogP) is 5.20. The highest BCUT2D eigenvalue weighted by molar-refractivity contribution is 6.30. The maximum absolute atomic E-state index is 6.14. The van der Waals surface area contributed by atoms with Crippen LogP contribution in [-0.4, -0.2) is 18.8 Å². The average molecular weight is 367 g/mol. The van der Waals surface area contributed by atoms with Gasteiger partial charge in [-0.15, -0.1) is 0 Å². The van der Waals surface area contributed by atoms with Gasteiger partial charge in [0.1, 0.15) is 6.54 Å². The molecule has 0 aromatic heterocycles. The number of benzene rings is 1. The van der Waals surface area contributed by atoms with Gasteiger partial charge < -0.3 is 10.1 Å². The lowest BCUT2D eigenvalue weighted by molar-refractivity contribution is -0.672. The lowest BCUT2D eigenvalue weighted by Crippen LogP contribution is -2.83. The number of ether oxygens (including phenoxy) is 1. The van der Waals surface area contributed by atoms with Crippen LogP contribution in [0.2, 0.25) is 5.02 Å². The third-order valence-corrected chi connectivity index (χ3v) is 6.26. The van der Waals surface area contributed by atoms with E-state index in [1.807, 2.05) is 12.1 Å². The fourth-order valence-corrected chi connectivity index (χ4v) is 4.24. The Bertz CT molecular complexity index is 515. The van der Waals surface area contributed by atoms with Gasteiger partial charge >= 0.3 is 0 Å². The van der Waals surface area contributed by atoms with Gasteiger partial charge in [0.05, 0.1) is 12.1 Å². The van der Waals surface area contributed by atoms with E-state index >= 15 is 0 Å². The first-order valence-corrected chi connectivity index (χ1v) is 10.4. The maximum Gasteiger partial charge on any atom is 0.101 e. The van der Waals surface area contributed by atoms with Crippen LogP contribution in [0, 0.1) is 11.3 Å². The summed E-state index contributed by atoms with van der Waals surface area (Å²) in [4.78, 5) is 0. The fraction of sp³-hybridized carbons (Fsp3) is 0.727. The summed E-state index contributed by atoms with van der Waals surface area (Å²) in [6.07, 6.45) is 7.54. The molecule has 0 spiro atoms. The quantitative estimate of drug-likeness (QED) is 0.597. The summed E-state index contributed by atoms with van der Waals surface area (Å²) in [5.74, 6) is 0.783. The van der Waals surface area contributed by atoms with Gasteiger partial charge in [-0.1, -0.05) is 50.9 Å². The van der Waals surface area contributed by atoms with Crippen molar-refractivity contribution in [2.24, 2.45) is 11.3 Å². The summed E-state index contributed by atoms with van der Waals surface area (Å²) in [5.41, 5.74) is 1.89. The van der Waals surface area contributed by atoms with Crippen molar-refractivity contribution in [2.45, 2.75) is 78.4 Å². The van der Waals surface area contributed by atoms with Crippen LogP contribution in [0.3, 0.4) is 0 Å². The zero-order valence-corrected chi connectivity index (χ0v) is 17.4. The number of halogens is 1.